The van der Waals surface area contributed by atoms with Crippen molar-refractivity contribution in [3.8, 4) is 17.2 Å². The van der Waals surface area contributed by atoms with Crippen molar-refractivity contribution in [3.05, 3.63) is 29.3 Å². The van der Waals surface area contributed by atoms with Gasteiger partial charge in [-0.1, -0.05) is 0 Å². The van der Waals surface area contributed by atoms with E-state index >= 15 is 0 Å². The van der Waals surface area contributed by atoms with Gasteiger partial charge in [-0.25, -0.2) is 0 Å². The van der Waals surface area contributed by atoms with Crippen LogP contribution in [0.25, 0.3) is 21.8 Å². The summed E-state index contributed by atoms with van der Waals surface area (Å²) < 4.78 is 0. The molecule has 0 saturated carbocycles. The first-order valence-corrected chi connectivity index (χ1v) is 5.66. The van der Waals surface area contributed by atoms with Gasteiger partial charge in [-0.2, -0.15) is 0 Å². The molecule has 2 aromatic carbocycles. The lowest BCUT2D eigenvalue weighted by Gasteiger charge is -2.07. The maximum Gasteiger partial charge on any atom is 0.167 e. The van der Waals surface area contributed by atoms with Crippen molar-refractivity contribution in [3.63, 3.8) is 0 Å². The van der Waals surface area contributed by atoms with Crippen molar-refractivity contribution in [1.29, 1.82) is 0 Å². The molecule has 0 fully saturated rings. The Kier molecular flexibility index (Phi) is 1.99. The third kappa shape index (κ3) is 1.20. The quantitative estimate of drug-likeness (QED) is 0.458. The molecule has 4 heteroatoms. The Morgan fingerprint density at radius 1 is 0.944 bits per heavy atom. The van der Waals surface area contributed by atoms with Crippen molar-refractivity contribution in [2.45, 2.75) is 13.8 Å². The van der Waals surface area contributed by atoms with Crippen molar-refractivity contribution in [2.75, 3.05) is 0 Å². The van der Waals surface area contributed by atoms with E-state index in [2.05, 4.69) is 4.98 Å². The lowest BCUT2D eigenvalue weighted by atomic mass is 10.0. The zero-order valence-electron chi connectivity index (χ0n) is 10.1. The Hall–Kier alpha value is -2.36. The van der Waals surface area contributed by atoms with E-state index in [4.69, 9.17) is 0 Å². The van der Waals surface area contributed by atoms with Crippen LogP contribution in [0.3, 0.4) is 0 Å². The van der Waals surface area contributed by atoms with Crippen molar-refractivity contribution < 1.29 is 15.3 Å². The summed E-state index contributed by atoms with van der Waals surface area (Å²) in [5.74, 6) is -0.130. The van der Waals surface area contributed by atoms with Crippen molar-refractivity contribution in [2.24, 2.45) is 0 Å². The van der Waals surface area contributed by atoms with Gasteiger partial charge in [0.2, 0.25) is 0 Å². The van der Waals surface area contributed by atoms with E-state index in [1.807, 2.05) is 6.92 Å². The molecule has 0 atom stereocenters. The third-order valence-electron chi connectivity index (χ3n) is 3.54. The van der Waals surface area contributed by atoms with E-state index in [0.717, 1.165) is 16.6 Å². The number of aromatic hydroxyl groups is 3. The largest absolute Gasteiger partial charge is 0.508 e. The average Bonchev–Trinajstić information content (AvgIpc) is 2.72. The Bertz CT molecular complexity index is 787. The van der Waals surface area contributed by atoms with Crippen LogP contribution >= 0.6 is 0 Å². The molecule has 3 rings (SSSR count). The summed E-state index contributed by atoms with van der Waals surface area (Å²) in [6.07, 6.45) is 0. The SMILES string of the molecule is Cc1c(O)c(O)c2c([nH]c3ccc(O)cc32)c1C. The van der Waals surface area contributed by atoms with Gasteiger partial charge in [0.05, 0.1) is 10.9 Å². The molecule has 0 saturated heterocycles. The van der Waals surface area contributed by atoms with E-state index in [0.29, 0.717) is 16.3 Å². The minimum atomic E-state index is -0.148. The van der Waals surface area contributed by atoms with Gasteiger partial charge in [0.25, 0.3) is 0 Å². The zero-order chi connectivity index (χ0) is 13.0. The summed E-state index contributed by atoms with van der Waals surface area (Å²) in [5, 5.41) is 30.8. The number of hydrogen-bond donors (Lipinski definition) is 4. The van der Waals surface area contributed by atoms with Gasteiger partial charge < -0.3 is 20.3 Å². The Morgan fingerprint density at radius 2 is 1.67 bits per heavy atom. The summed E-state index contributed by atoms with van der Waals surface area (Å²) in [4.78, 5) is 3.20. The predicted molar refractivity (Wildman–Crippen MR) is 70.3 cm³/mol. The number of nitrogens with one attached hydrogen (secondary N) is 1. The fourth-order valence-corrected chi connectivity index (χ4v) is 2.37. The Labute approximate surface area is 103 Å². The van der Waals surface area contributed by atoms with Gasteiger partial charge >= 0.3 is 0 Å². The van der Waals surface area contributed by atoms with Crippen LogP contribution in [0.2, 0.25) is 0 Å². The molecule has 0 aliphatic heterocycles. The number of hydrogen-bond acceptors (Lipinski definition) is 3. The number of aromatic nitrogens is 1. The Morgan fingerprint density at radius 3 is 2.39 bits per heavy atom. The molecule has 0 spiro atoms. The minimum absolute atomic E-state index is 0.107. The van der Waals surface area contributed by atoms with Crippen molar-refractivity contribution >= 4 is 21.8 Å². The molecule has 0 aliphatic carbocycles. The second-order valence-electron chi connectivity index (χ2n) is 4.55. The highest BCUT2D eigenvalue weighted by Gasteiger charge is 2.17. The number of phenols is 3. The number of fused-ring (bicyclic) bond motifs is 3. The monoisotopic (exact) mass is 243 g/mol. The summed E-state index contributed by atoms with van der Waals surface area (Å²) in [5.41, 5.74) is 3.13. The maximum absolute atomic E-state index is 10.1. The van der Waals surface area contributed by atoms with E-state index < -0.39 is 0 Å². The summed E-state index contributed by atoms with van der Waals surface area (Å²) in [6.45, 7) is 3.64. The molecule has 4 N–H and O–H groups in total. The smallest absolute Gasteiger partial charge is 0.167 e. The zero-order valence-corrected chi connectivity index (χ0v) is 10.1. The average molecular weight is 243 g/mol. The highest BCUT2D eigenvalue weighted by molar-refractivity contribution is 6.13. The van der Waals surface area contributed by atoms with Crippen LogP contribution in [0.1, 0.15) is 11.1 Å². The molecular formula is C14H13NO3. The van der Waals surface area contributed by atoms with Crippen LogP contribution in [-0.4, -0.2) is 20.3 Å². The highest BCUT2D eigenvalue weighted by atomic mass is 16.3. The molecule has 3 aromatic rings. The fourth-order valence-electron chi connectivity index (χ4n) is 2.37. The third-order valence-corrected chi connectivity index (χ3v) is 3.54. The molecule has 0 unspecified atom stereocenters. The second kappa shape index (κ2) is 3.32. The minimum Gasteiger partial charge on any atom is -0.508 e. The molecule has 1 heterocycles. The van der Waals surface area contributed by atoms with E-state index in [1.165, 1.54) is 0 Å². The topological polar surface area (TPSA) is 76.5 Å². The predicted octanol–water partition coefficient (Wildman–Crippen LogP) is 3.05. The van der Waals surface area contributed by atoms with Gasteiger partial charge in [0, 0.05) is 10.9 Å². The first-order chi connectivity index (χ1) is 8.50. The first-order valence-electron chi connectivity index (χ1n) is 5.66. The summed E-state index contributed by atoms with van der Waals surface area (Å²) >= 11 is 0. The van der Waals surface area contributed by atoms with Crippen LogP contribution in [-0.2, 0) is 0 Å². The van der Waals surface area contributed by atoms with Gasteiger partial charge in [-0.15, -0.1) is 0 Å². The molecule has 1 aromatic heterocycles. The van der Waals surface area contributed by atoms with Gasteiger partial charge in [-0.3, -0.25) is 0 Å². The van der Waals surface area contributed by atoms with Gasteiger partial charge in [-0.05, 0) is 43.2 Å². The van der Waals surface area contributed by atoms with Gasteiger partial charge in [0.15, 0.2) is 11.5 Å². The molecular weight excluding hydrogens is 230 g/mol. The molecule has 0 bridgehead atoms. The fraction of sp³-hybridized carbons (Fsp3) is 0.143. The van der Waals surface area contributed by atoms with Crippen molar-refractivity contribution in [1.82, 2.24) is 4.98 Å². The van der Waals surface area contributed by atoms with Gasteiger partial charge in [0.1, 0.15) is 5.75 Å². The summed E-state index contributed by atoms with van der Waals surface area (Å²) in [6, 6.07) is 4.90. The number of benzene rings is 2. The standard InChI is InChI=1S/C14H13NO3/c1-6-7(2)13(17)14(18)11-9-5-8(16)3-4-10(9)15-12(6)11/h3-5,15-18H,1-2H3. The lowest BCUT2D eigenvalue weighted by molar-refractivity contribution is 0.405. The molecule has 0 radical (unpaired) electrons. The normalized spacial score (nSPS) is 11.4. The lowest BCUT2D eigenvalue weighted by Crippen LogP contribution is -1.85. The van der Waals surface area contributed by atoms with E-state index in [9.17, 15) is 15.3 Å². The molecule has 92 valence electrons. The van der Waals surface area contributed by atoms with Crippen LogP contribution in [0.5, 0.6) is 17.2 Å². The van der Waals surface area contributed by atoms with Crippen LogP contribution < -0.4 is 0 Å². The number of aryl methyl sites for hydroxylation is 1. The summed E-state index contributed by atoms with van der Waals surface area (Å²) in [7, 11) is 0. The van der Waals surface area contributed by atoms with Crippen LogP contribution in [0.15, 0.2) is 18.2 Å². The van der Waals surface area contributed by atoms with Crippen LogP contribution in [0, 0.1) is 13.8 Å². The number of rotatable bonds is 0. The number of aromatic amines is 1. The second-order valence-corrected chi connectivity index (χ2v) is 4.55. The maximum atomic E-state index is 10.1. The highest BCUT2D eigenvalue weighted by Crippen LogP contribution is 2.43. The Balaban J connectivity index is 2.64. The van der Waals surface area contributed by atoms with E-state index in [1.54, 1.807) is 25.1 Å². The first kappa shape index (κ1) is 10.8. The molecule has 0 aliphatic rings. The molecule has 0 amide bonds. The van der Waals surface area contributed by atoms with Crippen LogP contribution in [0.4, 0.5) is 0 Å². The number of phenolic OH excluding ortho intramolecular Hbond substituents is 3. The van der Waals surface area contributed by atoms with E-state index in [-0.39, 0.29) is 17.2 Å². The number of H-pyrrole nitrogens is 1. The molecule has 4 nitrogen and oxygen atoms in total. The molecule has 18 heavy (non-hydrogen) atoms.